The summed E-state index contributed by atoms with van der Waals surface area (Å²) in [5, 5.41) is 0. The van der Waals surface area contributed by atoms with Crippen molar-refractivity contribution in [2.75, 3.05) is 26.7 Å². The molecule has 106 valence electrons. The fourth-order valence-corrected chi connectivity index (χ4v) is 3.00. The number of nitrogens with two attached hydrogens (primary N) is 1. The molecule has 2 nitrogen and oxygen atoms in total. The van der Waals surface area contributed by atoms with Crippen molar-refractivity contribution in [1.82, 2.24) is 4.90 Å². The Hall–Kier alpha value is -0.860. The first kappa shape index (κ1) is 14.5. The number of likely N-dealkylation sites (tertiary alicyclic amines) is 1. The summed E-state index contributed by atoms with van der Waals surface area (Å²) in [6, 6.07) is 9.35. The topological polar surface area (TPSA) is 29.3 Å². The number of aryl methyl sites for hydroxylation is 1. The smallest absolute Gasteiger partial charge is 0.00160 e. The summed E-state index contributed by atoms with van der Waals surface area (Å²) < 4.78 is 0. The molecule has 1 fully saturated rings. The van der Waals surface area contributed by atoms with Gasteiger partial charge >= 0.3 is 0 Å². The summed E-state index contributed by atoms with van der Waals surface area (Å²) in [5.74, 6) is 0.767. The van der Waals surface area contributed by atoms with Gasteiger partial charge in [0, 0.05) is 0 Å². The second kappa shape index (κ2) is 7.66. The largest absolute Gasteiger partial charge is 0.330 e. The Balaban J connectivity index is 1.90. The molecule has 0 radical (unpaired) electrons. The lowest BCUT2D eigenvalue weighted by Crippen LogP contribution is -2.18. The molecule has 1 unspecified atom stereocenters. The Labute approximate surface area is 118 Å². The van der Waals surface area contributed by atoms with Crippen molar-refractivity contribution >= 4 is 0 Å². The predicted molar refractivity (Wildman–Crippen MR) is 82.5 cm³/mol. The predicted octanol–water partition coefficient (Wildman–Crippen LogP) is 3.17. The number of hydrogen-bond donors (Lipinski definition) is 1. The van der Waals surface area contributed by atoms with E-state index in [4.69, 9.17) is 5.73 Å². The number of unbranched alkanes of at least 4 members (excludes halogenated alkanes) is 1. The highest BCUT2D eigenvalue weighted by molar-refractivity contribution is 5.25. The number of benzene rings is 1. The molecule has 1 aromatic rings. The van der Waals surface area contributed by atoms with Crippen LogP contribution in [0.25, 0.3) is 0 Å². The zero-order valence-corrected chi connectivity index (χ0v) is 12.3. The quantitative estimate of drug-likeness (QED) is 0.824. The van der Waals surface area contributed by atoms with E-state index in [0.717, 1.165) is 18.9 Å². The van der Waals surface area contributed by atoms with E-state index in [0.29, 0.717) is 0 Å². The van der Waals surface area contributed by atoms with Gasteiger partial charge in [-0.15, -0.1) is 0 Å². The molecule has 1 aliphatic heterocycles. The van der Waals surface area contributed by atoms with Crippen LogP contribution in [0.1, 0.15) is 49.1 Å². The van der Waals surface area contributed by atoms with E-state index in [1.807, 2.05) is 0 Å². The van der Waals surface area contributed by atoms with Crippen molar-refractivity contribution in [3.63, 3.8) is 0 Å². The van der Waals surface area contributed by atoms with Gasteiger partial charge in [-0.25, -0.2) is 0 Å². The second-order valence-electron chi connectivity index (χ2n) is 5.92. The lowest BCUT2D eigenvalue weighted by Gasteiger charge is -2.15. The van der Waals surface area contributed by atoms with E-state index in [1.165, 1.54) is 56.3 Å². The molecule has 2 N–H and O–H groups in total. The zero-order chi connectivity index (χ0) is 13.5. The molecule has 0 aliphatic carbocycles. The molecule has 1 atom stereocenters. The zero-order valence-electron chi connectivity index (χ0n) is 12.3. The van der Waals surface area contributed by atoms with Crippen LogP contribution in [0.5, 0.6) is 0 Å². The Kier molecular flexibility index (Phi) is 5.87. The molecule has 0 spiro atoms. The highest BCUT2D eigenvalue weighted by Gasteiger charge is 2.16. The maximum Gasteiger partial charge on any atom is -0.00160 e. The molecule has 0 amide bonds. The van der Waals surface area contributed by atoms with E-state index in [9.17, 15) is 0 Å². The molecule has 2 heteroatoms. The Morgan fingerprint density at radius 2 is 1.89 bits per heavy atom. The molecule has 0 aromatic heterocycles. The van der Waals surface area contributed by atoms with Gasteiger partial charge in [0.2, 0.25) is 0 Å². The summed E-state index contributed by atoms with van der Waals surface area (Å²) in [6.45, 7) is 3.31. The molecule has 1 aliphatic rings. The van der Waals surface area contributed by atoms with Gasteiger partial charge in [-0.05, 0) is 82.3 Å². The minimum Gasteiger partial charge on any atom is -0.330 e. The Morgan fingerprint density at radius 1 is 1.11 bits per heavy atom. The highest BCUT2D eigenvalue weighted by atomic mass is 15.1. The first-order valence-corrected chi connectivity index (χ1v) is 7.77. The summed E-state index contributed by atoms with van der Waals surface area (Å²) in [5.41, 5.74) is 8.54. The SMILES string of the molecule is CN1CCCC(c2ccc(CCCCN)cc2)CC1. The molecule has 0 saturated carbocycles. The van der Waals surface area contributed by atoms with E-state index < -0.39 is 0 Å². The van der Waals surface area contributed by atoms with Crippen LogP contribution in [-0.4, -0.2) is 31.6 Å². The third-order valence-corrected chi connectivity index (χ3v) is 4.32. The van der Waals surface area contributed by atoms with Crippen LogP contribution in [0.3, 0.4) is 0 Å². The van der Waals surface area contributed by atoms with Gasteiger partial charge < -0.3 is 10.6 Å². The molecule has 1 saturated heterocycles. The maximum absolute atomic E-state index is 5.54. The fourth-order valence-electron chi connectivity index (χ4n) is 3.00. The van der Waals surface area contributed by atoms with Crippen molar-refractivity contribution < 1.29 is 0 Å². The van der Waals surface area contributed by atoms with Gasteiger partial charge in [0.1, 0.15) is 0 Å². The summed E-state index contributed by atoms with van der Waals surface area (Å²) in [6.07, 6.45) is 7.50. The number of rotatable bonds is 5. The van der Waals surface area contributed by atoms with Crippen LogP contribution in [0, 0.1) is 0 Å². The minimum absolute atomic E-state index is 0.767. The Bertz CT molecular complexity index is 358. The van der Waals surface area contributed by atoms with Gasteiger partial charge in [0.25, 0.3) is 0 Å². The standard InChI is InChI=1S/C17H28N2/c1-19-13-4-6-16(11-14-19)17-9-7-15(8-10-17)5-2-3-12-18/h7-10,16H,2-6,11-14,18H2,1H3. The Morgan fingerprint density at radius 3 is 2.63 bits per heavy atom. The van der Waals surface area contributed by atoms with Crippen LogP contribution < -0.4 is 5.73 Å². The van der Waals surface area contributed by atoms with E-state index >= 15 is 0 Å². The highest BCUT2D eigenvalue weighted by Crippen LogP contribution is 2.28. The van der Waals surface area contributed by atoms with Gasteiger partial charge in [-0.1, -0.05) is 24.3 Å². The molecule has 19 heavy (non-hydrogen) atoms. The average molecular weight is 260 g/mol. The van der Waals surface area contributed by atoms with Crippen molar-refractivity contribution in [1.29, 1.82) is 0 Å². The first-order valence-electron chi connectivity index (χ1n) is 7.77. The summed E-state index contributed by atoms with van der Waals surface area (Å²) in [4.78, 5) is 2.46. The minimum atomic E-state index is 0.767. The van der Waals surface area contributed by atoms with Crippen LogP contribution in [-0.2, 0) is 6.42 Å². The fraction of sp³-hybridized carbons (Fsp3) is 0.647. The van der Waals surface area contributed by atoms with Crippen molar-refractivity contribution in [3.05, 3.63) is 35.4 Å². The van der Waals surface area contributed by atoms with Gasteiger partial charge in [0.05, 0.1) is 0 Å². The normalized spacial score (nSPS) is 21.3. The van der Waals surface area contributed by atoms with Crippen molar-refractivity contribution in [2.24, 2.45) is 5.73 Å². The van der Waals surface area contributed by atoms with Gasteiger partial charge in [0.15, 0.2) is 0 Å². The van der Waals surface area contributed by atoms with Crippen LogP contribution >= 0.6 is 0 Å². The third kappa shape index (κ3) is 4.63. The van der Waals surface area contributed by atoms with Crippen molar-refractivity contribution in [2.45, 2.75) is 44.4 Å². The lowest BCUT2D eigenvalue weighted by atomic mass is 9.91. The molecular formula is C17H28N2. The maximum atomic E-state index is 5.54. The first-order chi connectivity index (χ1) is 9.29. The monoisotopic (exact) mass is 260 g/mol. The molecular weight excluding hydrogens is 232 g/mol. The summed E-state index contributed by atoms with van der Waals surface area (Å²) >= 11 is 0. The third-order valence-electron chi connectivity index (χ3n) is 4.32. The summed E-state index contributed by atoms with van der Waals surface area (Å²) in [7, 11) is 2.24. The van der Waals surface area contributed by atoms with Gasteiger partial charge in [-0.2, -0.15) is 0 Å². The van der Waals surface area contributed by atoms with Crippen LogP contribution in [0.2, 0.25) is 0 Å². The molecule has 2 rings (SSSR count). The van der Waals surface area contributed by atoms with E-state index in [1.54, 1.807) is 0 Å². The van der Waals surface area contributed by atoms with Crippen LogP contribution in [0.4, 0.5) is 0 Å². The van der Waals surface area contributed by atoms with Gasteiger partial charge in [-0.3, -0.25) is 0 Å². The van der Waals surface area contributed by atoms with E-state index in [-0.39, 0.29) is 0 Å². The average Bonchev–Trinajstić information content (AvgIpc) is 2.65. The molecule has 1 aromatic carbocycles. The lowest BCUT2D eigenvalue weighted by molar-refractivity contribution is 0.347. The second-order valence-corrected chi connectivity index (χ2v) is 5.92. The van der Waals surface area contributed by atoms with Crippen LogP contribution in [0.15, 0.2) is 24.3 Å². The number of hydrogen-bond acceptors (Lipinski definition) is 2. The molecule has 1 heterocycles. The number of nitrogens with zero attached hydrogens (tertiary/aromatic N) is 1. The molecule has 0 bridgehead atoms. The van der Waals surface area contributed by atoms with E-state index in [2.05, 4.69) is 36.2 Å². The van der Waals surface area contributed by atoms with Crippen molar-refractivity contribution in [3.8, 4) is 0 Å².